The van der Waals surface area contributed by atoms with Crippen molar-refractivity contribution in [3.05, 3.63) is 12.4 Å². The number of carboxylic acid groups (broad SMARTS) is 2. The number of hydrogen-bond donors (Lipinski definition) is 0. The summed E-state index contributed by atoms with van der Waals surface area (Å²) in [5.74, 6) is -0.672. The van der Waals surface area contributed by atoms with Crippen LogP contribution in [0.1, 0.15) is 78.7 Å². The van der Waals surface area contributed by atoms with Crippen LogP contribution in [0.15, 0.2) is 17.6 Å². The number of fused-ring (bicyclic) bond motifs is 1. The summed E-state index contributed by atoms with van der Waals surface area (Å²) in [5.41, 5.74) is 2.18. The Hall–Kier alpha value is 0.573. The minimum absolute atomic E-state index is 0. The summed E-state index contributed by atoms with van der Waals surface area (Å²) < 4.78 is 47.7. The predicted octanol–water partition coefficient (Wildman–Crippen LogP) is -1.41. The summed E-state index contributed by atoms with van der Waals surface area (Å²) in [6.45, 7) is 9.29. The molecule has 0 spiro atoms. The van der Waals surface area contributed by atoms with Gasteiger partial charge in [-0.1, -0.05) is 44.9 Å². The van der Waals surface area contributed by atoms with Crippen LogP contribution in [-0.4, -0.2) is 58.3 Å². The molecule has 15 heteroatoms. The molecule has 0 radical (unpaired) electrons. The van der Waals surface area contributed by atoms with Crippen molar-refractivity contribution in [1.82, 2.24) is 14.5 Å². The number of halogens is 3. The molecule has 1 fully saturated rings. The predicted molar refractivity (Wildman–Crippen MR) is 144 cm³/mol. The van der Waals surface area contributed by atoms with Crippen LogP contribution in [0.25, 0.3) is 11.0 Å². The molecule has 3 heterocycles. The molecule has 1 saturated heterocycles. The fourth-order valence-electron chi connectivity index (χ4n) is 4.60. The first-order valence-corrected chi connectivity index (χ1v) is 14.7. The number of hydrogen-bond acceptors (Lipinski definition) is 9. The van der Waals surface area contributed by atoms with Gasteiger partial charge in [0.15, 0.2) is 5.16 Å². The van der Waals surface area contributed by atoms with Crippen LogP contribution in [0.2, 0.25) is 0 Å². The maximum absolute atomic E-state index is 13.4. The summed E-state index contributed by atoms with van der Waals surface area (Å²) in [4.78, 5) is 31.5. The largest absolute Gasteiger partial charge is 1.00 e. The van der Waals surface area contributed by atoms with Crippen LogP contribution in [0, 0.1) is 11.8 Å². The number of esters is 1. The van der Waals surface area contributed by atoms with E-state index in [4.69, 9.17) is 24.7 Å². The van der Waals surface area contributed by atoms with Gasteiger partial charge in [0.2, 0.25) is 0 Å². The minimum atomic E-state index is -4.20. The van der Waals surface area contributed by atoms with Crippen LogP contribution < -0.4 is 118 Å². The van der Waals surface area contributed by atoms with Crippen LogP contribution in [0.4, 0.5) is 23.7 Å². The summed E-state index contributed by atoms with van der Waals surface area (Å²) >= 11 is 1.36. The quantitative estimate of drug-likeness (QED) is 0.116. The van der Waals surface area contributed by atoms with E-state index in [1.807, 2.05) is 29.5 Å². The molecular formula is C27H39F3K2N4O5S. The minimum Gasteiger partial charge on any atom is -0.652 e. The molecule has 1 aliphatic rings. The third kappa shape index (κ3) is 14.3. The average Bonchev–Trinajstić information content (AvgIpc) is 3.27. The second-order valence-corrected chi connectivity index (χ2v) is 11.2. The first-order valence-electron chi connectivity index (χ1n) is 13.7. The summed E-state index contributed by atoms with van der Waals surface area (Å²) in [5, 5.41) is 17.2. The number of thioether (sulfide) groups is 1. The van der Waals surface area contributed by atoms with Crippen molar-refractivity contribution in [2.75, 3.05) is 30.3 Å². The number of unbranched alkanes of at least 4 members (excludes halogenated alkanes) is 1. The van der Waals surface area contributed by atoms with E-state index in [0.717, 1.165) is 31.2 Å². The van der Waals surface area contributed by atoms with E-state index >= 15 is 0 Å². The van der Waals surface area contributed by atoms with Crippen molar-refractivity contribution in [3.63, 3.8) is 0 Å². The molecule has 2 aromatic rings. The molecule has 0 amide bonds. The molecule has 42 heavy (non-hydrogen) atoms. The normalized spacial score (nSPS) is 15.7. The van der Waals surface area contributed by atoms with Gasteiger partial charge >= 0.3 is 115 Å². The first-order chi connectivity index (χ1) is 18.9. The Bertz CT molecular complexity index is 1100. The Kier molecular flexibility index (Phi) is 21.7. The zero-order valence-electron chi connectivity index (χ0n) is 25.5. The van der Waals surface area contributed by atoms with Crippen LogP contribution in [0.3, 0.4) is 0 Å². The molecular weight excluding hydrogens is 628 g/mol. The van der Waals surface area contributed by atoms with Gasteiger partial charge in [-0.05, 0) is 45.2 Å². The standard InChI is InChI=1S/C26H39F3N4O2S.CH2O3.2K/c1-5-7-9-19(6-2)17-35-23(34)11-13-36-25-30-14-21-24(31-25)22(16-33(21)18(3)4)32-12-8-10-20(15-32)26(27,28)29;2-1(3)4;;/h14,16,18-20H,5-13,15,17H2,1-4H3;(H2,2,3,4);;/q;;2*+1/p-2. The molecule has 2 atom stereocenters. The fourth-order valence-corrected chi connectivity index (χ4v) is 5.33. The number of ether oxygens (including phenoxy) is 1. The number of piperidine rings is 1. The number of carbonyl (C=O) groups excluding carboxylic acids is 2. The number of carbonyl (C=O) groups is 2. The number of aromatic nitrogens is 3. The van der Waals surface area contributed by atoms with Gasteiger partial charge in [0.1, 0.15) is 5.52 Å². The Labute approximate surface area is 335 Å². The van der Waals surface area contributed by atoms with E-state index < -0.39 is 18.2 Å². The molecule has 0 bridgehead atoms. The monoisotopic (exact) mass is 666 g/mol. The summed E-state index contributed by atoms with van der Waals surface area (Å²) in [7, 11) is 0. The van der Waals surface area contributed by atoms with Gasteiger partial charge in [0.05, 0.1) is 36.3 Å². The van der Waals surface area contributed by atoms with Crippen molar-refractivity contribution >= 4 is 40.6 Å². The number of rotatable bonds is 12. The molecule has 0 aromatic carbocycles. The smallest absolute Gasteiger partial charge is 0.652 e. The Morgan fingerprint density at radius 3 is 2.45 bits per heavy atom. The number of anilines is 1. The zero-order valence-corrected chi connectivity index (χ0v) is 32.6. The van der Waals surface area contributed by atoms with Gasteiger partial charge in [-0.25, -0.2) is 9.97 Å². The van der Waals surface area contributed by atoms with E-state index in [1.165, 1.54) is 11.8 Å². The van der Waals surface area contributed by atoms with Crippen LogP contribution in [-0.2, 0) is 9.53 Å². The third-order valence-electron chi connectivity index (χ3n) is 6.87. The van der Waals surface area contributed by atoms with Gasteiger partial charge in [-0.15, -0.1) is 0 Å². The van der Waals surface area contributed by atoms with Gasteiger partial charge in [0.25, 0.3) is 0 Å². The maximum Gasteiger partial charge on any atom is 1.00 e. The van der Waals surface area contributed by atoms with Crippen LogP contribution >= 0.6 is 11.8 Å². The average molecular weight is 667 g/mol. The second-order valence-electron chi connectivity index (χ2n) is 10.2. The van der Waals surface area contributed by atoms with Gasteiger partial charge in [0, 0.05) is 31.1 Å². The summed E-state index contributed by atoms with van der Waals surface area (Å²) in [6.07, 6.45) is 2.35. The summed E-state index contributed by atoms with van der Waals surface area (Å²) in [6, 6.07) is 0.116. The van der Waals surface area contributed by atoms with Crippen LogP contribution in [0.5, 0.6) is 0 Å². The molecule has 3 rings (SSSR count). The van der Waals surface area contributed by atoms with E-state index in [1.54, 1.807) is 6.20 Å². The molecule has 0 aliphatic carbocycles. The van der Waals surface area contributed by atoms with E-state index in [0.29, 0.717) is 47.6 Å². The maximum atomic E-state index is 13.4. The van der Waals surface area contributed by atoms with Crippen molar-refractivity contribution in [2.24, 2.45) is 11.8 Å². The van der Waals surface area contributed by atoms with Crippen molar-refractivity contribution < 1.29 is 140 Å². The van der Waals surface area contributed by atoms with Gasteiger partial charge < -0.3 is 29.2 Å². The SMILES string of the molecule is CCCCC(CC)COC(=O)CCSc1ncc2c(n1)c(N1CCCC(C(F)(F)F)C1)cn2C(C)C.O=C([O-])[O-].[K+].[K+]. The Morgan fingerprint density at radius 1 is 1.21 bits per heavy atom. The van der Waals surface area contributed by atoms with E-state index in [2.05, 4.69) is 18.8 Å². The molecule has 2 unspecified atom stereocenters. The van der Waals surface area contributed by atoms with E-state index in [-0.39, 0.29) is 134 Å². The molecule has 1 aliphatic heterocycles. The van der Waals surface area contributed by atoms with Crippen molar-refractivity contribution in [2.45, 2.75) is 90.0 Å². The Morgan fingerprint density at radius 2 is 1.88 bits per heavy atom. The van der Waals surface area contributed by atoms with Crippen molar-refractivity contribution in [1.29, 1.82) is 0 Å². The third-order valence-corrected chi connectivity index (χ3v) is 7.73. The molecule has 226 valence electrons. The molecule has 0 saturated carbocycles. The van der Waals surface area contributed by atoms with Crippen molar-refractivity contribution in [3.8, 4) is 0 Å². The molecule has 9 nitrogen and oxygen atoms in total. The first kappa shape index (κ1) is 42.6. The Balaban J connectivity index is 0.00000263. The number of alkyl halides is 3. The topological polar surface area (TPSA) is 123 Å². The molecule has 0 N–H and O–H groups in total. The fraction of sp³-hybridized carbons (Fsp3) is 0.704. The zero-order chi connectivity index (χ0) is 29.9. The molecule has 2 aromatic heterocycles. The second kappa shape index (κ2) is 21.4. The van der Waals surface area contributed by atoms with E-state index in [9.17, 15) is 18.0 Å². The van der Waals surface area contributed by atoms with Gasteiger partial charge in [-0.3, -0.25) is 4.79 Å². The van der Waals surface area contributed by atoms with Gasteiger partial charge in [-0.2, -0.15) is 13.2 Å². The number of nitrogens with zero attached hydrogens (tertiary/aromatic N) is 4.